The van der Waals surface area contributed by atoms with Crippen molar-refractivity contribution >= 4 is 6.09 Å². The predicted molar refractivity (Wildman–Crippen MR) is 45.6 cm³/mol. The first kappa shape index (κ1) is 11.7. The Balaban J connectivity index is 4.24. The minimum absolute atomic E-state index is 0.0369. The molecule has 0 aliphatic heterocycles. The van der Waals surface area contributed by atoms with E-state index in [1.165, 1.54) is 0 Å². The number of rotatable bonds is 4. The SMILES string of the molecule is CCOC(=O)N(CC(C)C)[N+](=O)[O-]. The Bertz CT molecular complexity index is 193. The molecule has 0 saturated carbocycles. The molecule has 0 spiro atoms. The Labute approximate surface area is 76.6 Å². The van der Waals surface area contributed by atoms with Gasteiger partial charge in [-0.2, -0.15) is 0 Å². The van der Waals surface area contributed by atoms with Gasteiger partial charge in [0.1, 0.15) is 0 Å². The third kappa shape index (κ3) is 4.29. The lowest BCUT2D eigenvalue weighted by atomic mass is 10.2. The van der Waals surface area contributed by atoms with E-state index >= 15 is 0 Å². The summed E-state index contributed by atoms with van der Waals surface area (Å²) in [5.41, 5.74) is 0. The number of carbonyl (C=O) groups is 1. The van der Waals surface area contributed by atoms with Gasteiger partial charge in [-0.3, -0.25) is 0 Å². The first-order valence-corrected chi connectivity index (χ1v) is 4.07. The van der Waals surface area contributed by atoms with E-state index in [2.05, 4.69) is 4.74 Å². The normalized spacial score (nSPS) is 9.85. The van der Waals surface area contributed by atoms with E-state index in [0.29, 0.717) is 5.01 Å². The van der Waals surface area contributed by atoms with E-state index in [0.717, 1.165) is 0 Å². The maximum atomic E-state index is 11.0. The first-order chi connectivity index (χ1) is 5.99. The van der Waals surface area contributed by atoms with Gasteiger partial charge in [0.25, 0.3) is 0 Å². The van der Waals surface area contributed by atoms with Gasteiger partial charge in [-0.15, -0.1) is 0 Å². The summed E-state index contributed by atoms with van der Waals surface area (Å²) in [5.74, 6) is 0.0369. The van der Waals surface area contributed by atoms with Gasteiger partial charge in [0.05, 0.1) is 13.2 Å². The number of hydrogen-bond donors (Lipinski definition) is 0. The molecule has 0 aromatic heterocycles. The third-order valence-electron chi connectivity index (χ3n) is 1.21. The predicted octanol–water partition coefficient (Wildman–Crippen LogP) is 1.29. The van der Waals surface area contributed by atoms with Crippen molar-refractivity contribution < 1.29 is 14.6 Å². The minimum atomic E-state index is -0.902. The van der Waals surface area contributed by atoms with Gasteiger partial charge >= 0.3 is 6.09 Å². The number of amides is 1. The van der Waals surface area contributed by atoms with Crippen LogP contribution in [0.15, 0.2) is 0 Å². The lowest BCUT2D eigenvalue weighted by Gasteiger charge is -2.13. The van der Waals surface area contributed by atoms with E-state index in [-0.39, 0.29) is 19.1 Å². The van der Waals surface area contributed by atoms with Crippen LogP contribution in [0.1, 0.15) is 20.8 Å². The number of hydrazine groups is 1. The molecular formula is C7H14N2O4. The van der Waals surface area contributed by atoms with Gasteiger partial charge in [0.2, 0.25) is 0 Å². The number of carbonyl (C=O) groups excluding carboxylic acids is 1. The maximum absolute atomic E-state index is 11.0. The summed E-state index contributed by atoms with van der Waals surface area (Å²) in [6, 6.07) is 0. The molecule has 0 rings (SSSR count). The van der Waals surface area contributed by atoms with Crippen LogP contribution >= 0.6 is 0 Å². The zero-order valence-corrected chi connectivity index (χ0v) is 8.02. The van der Waals surface area contributed by atoms with Crippen LogP contribution in [0.4, 0.5) is 4.79 Å². The quantitative estimate of drug-likeness (QED) is 0.494. The van der Waals surface area contributed by atoms with E-state index in [9.17, 15) is 14.9 Å². The van der Waals surface area contributed by atoms with Crippen molar-refractivity contribution in [1.29, 1.82) is 0 Å². The highest BCUT2D eigenvalue weighted by atomic mass is 16.7. The standard InChI is InChI=1S/C7H14N2O4/c1-4-13-7(10)8(9(11)12)5-6(2)3/h6H,4-5H2,1-3H3. The van der Waals surface area contributed by atoms with Crippen LogP contribution in [-0.2, 0) is 4.74 Å². The number of nitrogens with zero attached hydrogens (tertiary/aromatic N) is 2. The Morgan fingerprint density at radius 1 is 1.62 bits per heavy atom. The second-order valence-corrected chi connectivity index (χ2v) is 2.91. The minimum Gasteiger partial charge on any atom is -0.446 e. The van der Waals surface area contributed by atoms with Gasteiger partial charge in [-0.25, -0.2) is 14.9 Å². The molecule has 0 unspecified atom stereocenters. The molecular weight excluding hydrogens is 176 g/mol. The Hall–Kier alpha value is -1.33. The summed E-state index contributed by atoms with van der Waals surface area (Å²) in [6.07, 6.45) is -0.902. The molecule has 0 fully saturated rings. The van der Waals surface area contributed by atoms with Crippen LogP contribution in [0.2, 0.25) is 0 Å². The fraction of sp³-hybridized carbons (Fsp3) is 0.857. The molecule has 0 aliphatic carbocycles. The zero-order valence-electron chi connectivity index (χ0n) is 8.02. The van der Waals surface area contributed by atoms with Gasteiger partial charge in [-0.1, -0.05) is 13.8 Å². The molecule has 0 N–H and O–H groups in total. The molecule has 6 nitrogen and oxygen atoms in total. The maximum Gasteiger partial charge on any atom is 0.468 e. The fourth-order valence-corrected chi connectivity index (χ4v) is 0.752. The van der Waals surface area contributed by atoms with Crippen LogP contribution in [-0.4, -0.2) is 29.3 Å². The number of ether oxygens (including phenoxy) is 1. The zero-order chi connectivity index (χ0) is 10.4. The second-order valence-electron chi connectivity index (χ2n) is 2.91. The lowest BCUT2D eigenvalue weighted by Crippen LogP contribution is -2.39. The van der Waals surface area contributed by atoms with Gasteiger partial charge in [0, 0.05) is 0 Å². The summed E-state index contributed by atoms with van der Waals surface area (Å²) >= 11 is 0. The number of hydrogen-bond acceptors (Lipinski definition) is 4. The largest absolute Gasteiger partial charge is 0.468 e. The van der Waals surface area contributed by atoms with Gasteiger partial charge < -0.3 is 4.74 Å². The molecule has 0 bridgehead atoms. The molecule has 0 saturated heterocycles. The Morgan fingerprint density at radius 3 is 2.46 bits per heavy atom. The van der Waals surface area contributed by atoms with Crippen molar-refractivity contribution in [2.45, 2.75) is 20.8 Å². The monoisotopic (exact) mass is 190 g/mol. The third-order valence-corrected chi connectivity index (χ3v) is 1.21. The fourth-order valence-electron chi connectivity index (χ4n) is 0.752. The Kier molecular flexibility index (Phi) is 4.79. The van der Waals surface area contributed by atoms with Crippen LogP contribution in [0, 0.1) is 16.0 Å². The summed E-state index contributed by atoms with van der Waals surface area (Å²) in [4.78, 5) is 21.4. The summed E-state index contributed by atoms with van der Waals surface area (Å²) in [5, 5.41) is 10.1. The molecule has 0 aromatic rings. The summed E-state index contributed by atoms with van der Waals surface area (Å²) in [6.45, 7) is 5.38. The van der Waals surface area contributed by atoms with Gasteiger partial charge in [0.15, 0.2) is 5.03 Å². The molecule has 76 valence electrons. The molecule has 0 heterocycles. The second kappa shape index (κ2) is 5.34. The van der Waals surface area contributed by atoms with E-state index in [1.54, 1.807) is 20.8 Å². The highest BCUT2D eigenvalue weighted by molar-refractivity contribution is 5.65. The van der Waals surface area contributed by atoms with Crippen LogP contribution < -0.4 is 0 Å². The first-order valence-electron chi connectivity index (χ1n) is 4.07. The Morgan fingerprint density at radius 2 is 2.15 bits per heavy atom. The van der Waals surface area contributed by atoms with Crippen LogP contribution in [0.5, 0.6) is 0 Å². The lowest BCUT2D eigenvalue weighted by molar-refractivity contribution is -0.636. The van der Waals surface area contributed by atoms with Gasteiger partial charge in [-0.05, 0) is 17.9 Å². The molecule has 0 atom stereocenters. The summed E-state index contributed by atoms with van der Waals surface area (Å²) in [7, 11) is 0. The molecule has 6 heteroatoms. The number of nitro groups is 1. The average molecular weight is 190 g/mol. The molecule has 0 aromatic carbocycles. The molecule has 1 amide bonds. The van der Waals surface area contributed by atoms with E-state index in [4.69, 9.17) is 0 Å². The van der Waals surface area contributed by atoms with Crippen molar-refractivity contribution in [3.8, 4) is 0 Å². The highest BCUT2D eigenvalue weighted by Gasteiger charge is 2.26. The summed E-state index contributed by atoms with van der Waals surface area (Å²) < 4.78 is 4.51. The highest BCUT2D eigenvalue weighted by Crippen LogP contribution is 2.01. The van der Waals surface area contributed by atoms with Crippen molar-refractivity contribution in [2.24, 2.45) is 5.92 Å². The topological polar surface area (TPSA) is 72.7 Å². The van der Waals surface area contributed by atoms with E-state index in [1.807, 2.05) is 0 Å². The van der Waals surface area contributed by atoms with Crippen molar-refractivity contribution in [3.63, 3.8) is 0 Å². The van der Waals surface area contributed by atoms with E-state index < -0.39 is 11.1 Å². The van der Waals surface area contributed by atoms with Crippen molar-refractivity contribution in [1.82, 2.24) is 5.01 Å². The van der Waals surface area contributed by atoms with Crippen LogP contribution in [0.25, 0.3) is 0 Å². The smallest absolute Gasteiger partial charge is 0.446 e. The average Bonchev–Trinajstić information content (AvgIpc) is 1.99. The van der Waals surface area contributed by atoms with Crippen LogP contribution in [0.3, 0.4) is 0 Å². The molecule has 0 aliphatic rings. The molecule has 0 radical (unpaired) electrons. The van der Waals surface area contributed by atoms with Crippen molar-refractivity contribution in [2.75, 3.05) is 13.2 Å². The molecule has 13 heavy (non-hydrogen) atoms. The van der Waals surface area contributed by atoms with Crippen molar-refractivity contribution in [3.05, 3.63) is 10.1 Å².